The van der Waals surface area contributed by atoms with E-state index in [1.807, 2.05) is 13.0 Å². The van der Waals surface area contributed by atoms with Gasteiger partial charge in [0.15, 0.2) is 0 Å². The second-order valence-electron chi connectivity index (χ2n) is 2.47. The van der Waals surface area contributed by atoms with Gasteiger partial charge < -0.3 is 4.79 Å². The molecule has 1 rings (SSSR count). The molecule has 11 heavy (non-hydrogen) atoms. The van der Waals surface area contributed by atoms with Gasteiger partial charge in [0.25, 0.3) is 0 Å². The smallest absolute Gasteiger partial charge is 0.124 e. The number of aryl methyl sites for hydroxylation is 1. The number of aldehydes is 1. The molecule has 0 radical (unpaired) electrons. The summed E-state index contributed by atoms with van der Waals surface area (Å²) in [6, 6.07) is 6.14. The molecule has 0 heterocycles. The molecule has 0 N–H and O–H groups in total. The largest absolute Gasteiger partial charge is 0.303 e. The molecule has 0 aromatic heterocycles. The van der Waals surface area contributed by atoms with Crippen molar-refractivity contribution in [1.29, 1.82) is 0 Å². The number of halogens is 1. The van der Waals surface area contributed by atoms with Crippen molar-refractivity contribution in [2.24, 2.45) is 0 Å². The summed E-state index contributed by atoms with van der Waals surface area (Å²) in [6.07, 6.45) is 1.47. The maximum absolute atomic E-state index is 10.2. The van der Waals surface area contributed by atoms with E-state index in [1.54, 1.807) is 0 Å². The zero-order valence-corrected chi connectivity index (χ0v) is 8.46. The average molecular weight is 260 g/mol. The van der Waals surface area contributed by atoms with Gasteiger partial charge in [-0.15, -0.1) is 0 Å². The van der Waals surface area contributed by atoms with Crippen LogP contribution in [0, 0.1) is 10.5 Å². The highest BCUT2D eigenvalue weighted by atomic mass is 127. The number of hydrogen-bond acceptors (Lipinski definition) is 1. The number of carbonyl (C=O) groups excluding carboxylic acids is 1. The fourth-order valence-corrected chi connectivity index (χ4v) is 1.51. The zero-order chi connectivity index (χ0) is 8.27. The van der Waals surface area contributed by atoms with E-state index in [-0.39, 0.29) is 0 Å². The monoisotopic (exact) mass is 260 g/mol. The Balaban J connectivity index is 3.01. The minimum absolute atomic E-state index is 0.528. The minimum Gasteiger partial charge on any atom is -0.303 e. The van der Waals surface area contributed by atoms with Crippen molar-refractivity contribution < 1.29 is 4.79 Å². The van der Waals surface area contributed by atoms with Gasteiger partial charge in [-0.2, -0.15) is 0 Å². The van der Waals surface area contributed by atoms with Gasteiger partial charge in [0.2, 0.25) is 0 Å². The van der Waals surface area contributed by atoms with Gasteiger partial charge in [0, 0.05) is 9.99 Å². The highest BCUT2D eigenvalue weighted by molar-refractivity contribution is 14.1. The van der Waals surface area contributed by atoms with Crippen LogP contribution in [0.1, 0.15) is 11.1 Å². The van der Waals surface area contributed by atoms with Crippen molar-refractivity contribution in [3.8, 4) is 0 Å². The van der Waals surface area contributed by atoms with Crippen molar-refractivity contribution >= 4 is 28.9 Å². The van der Waals surface area contributed by atoms with Crippen molar-refractivity contribution in [1.82, 2.24) is 0 Å². The van der Waals surface area contributed by atoms with Gasteiger partial charge in [-0.3, -0.25) is 0 Å². The molecule has 0 fully saturated rings. The van der Waals surface area contributed by atoms with Gasteiger partial charge in [-0.25, -0.2) is 0 Å². The Morgan fingerprint density at radius 2 is 2.27 bits per heavy atom. The zero-order valence-electron chi connectivity index (χ0n) is 6.30. The topological polar surface area (TPSA) is 17.1 Å². The van der Waals surface area contributed by atoms with E-state index in [0.717, 1.165) is 11.8 Å². The van der Waals surface area contributed by atoms with Gasteiger partial charge >= 0.3 is 0 Å². The normalized spacial score (nSPS) is 9.64. The Morgan fingerprint density at radius 1 is 1.55 bits per heavy atom. The third-order valence-electron chi connectivity index (χ3n) is 1.50. The summed E-state index contributed by atoms with van der Waals surface area (Å²) in [5.74, 6) is 0. The number of hydrogen-bond donors (Lipinski definition) is 0. The summed E-state index contributed by atoms with van der Waals surface area (Å²) in [4.78, 5) is 10.2. The number of benzene rings is 1. The van der Waals surface area contributed by atoms with E-state index in [1.165, 1.54) is 9.13 Å². The third-order valence-corrected chi connectivity index (χ3v) is 2.56. The number of carbonyl (C=O) groups is 1. The molecular formula is C9H9IO. The lowest BCUT2D eigenvalue weighted by atomic mass is 10.1. The third kappa shape index (κ3) is 2.29. The molecule has 1 nitrogen and oxygen atoms in total. The van der Waals surface area contributed by atoms with Crippen LogP contribution >= 0.6 is 22.6 Å². The van der Waals surface area contributed by atoms with Crippen molar-refractivity contribution in [2.45, 2.75) is 13.3 Å². The SMILES string of the molecule is Cc1ccc(I)c(CC=O)c1. The molecular weight excluding hydrogens is 251 g/mol. The lowest BCUT2D eigenvalue weighted by Crippen LogP contribution is -1.90. The first-order valence-electron chi connectivity index (χ1n) is 3.42. The average Bonchev–Trinajstić information content (AvgIpc) is 1.98. The summed E-state index contributed by atoms with van der Waals surface area (Å²) in [6.45, 7) is 2.03. The molecule has 0 bridgehead atoms. The Bertz CT molecular complexity index is 268. The van der Waals surface area contributed by atoms with Gasteiger partial charge in [-0.05, 0) is 41.1 Å². The molecule has 0 aliphatic carbocycles. The number of rotatable bonds is 2. The van der Waals surface area contributed by atoms with E-state index < -0.39 is 0 Å². The molecule has 0 atom stereocenters. The van der Waals surface area contributed by atoms with Crippen molar-refractivity contribution in [3.05, 3.63) is 32.9 Å². The lowest BCUT2D eigenvalue weighted by molar-refractivity contribution is -0.107. The summed E-state index contributed by atoms with van der Waals surface area (Å²) < 4.78 is 1.17. The molecule has 1 aromatic carbocycles. The summed E-state index contributed by atoms with van der Waals surface area (Å²) in [5.41, 5.74) is 2.34. The van der Waals surface area contributed by atoms with Crippen LogP contribution in [0.15, 0.2) is 18.2 Å². The molecule has 0 amide bonds. The second kappa shape index (κ2) is 3.85. The molecule has 2 heteroatoms. The highest BCUT2D eigenvalue weighted by Gasteiger charge is 1.97. The fourth-order valence-electron chi connectivity index (χ4n) is 0.950. The van der Waals surface area contributed by atoms with E-state index in [2.05, 4.69) is 34.7 Å². The summed E-state index contributed by atoms with van der Waals surface area (Å²) >= 11 is 2.24. The van der Waals surface area contributed by atoms with E-state index in [0.29, 0.717) is 6.42 Å². The summed E-state index contributed by atoms with van der Waals surface area (Å²) in [5, 5.41) is 0. The first kappa shape index (κ1) is 8.71. The maximum atomic E-state index is 10.2. The predicted molar refractivity (Wildman–Crippen MR) is 53.7 cm³/mol. The van der Waals surface area contributed by atoms with E-state index in [4.69, 9.17) is 0 Å². The molecule has 58 valence electrons. The Morgan fingerprint density at radius 3 is 2.91 bits per heavy atom. The van der Waals surface area contributed by atoms with Crippen LogP contribution in [0.3, 0.4) is 0 Å². The molecule has 0 aliphatic heterocycles. The predicted octanol–water partition coefficient (Wildman–Crippen LogP) is 2.34. The maximum Gasteiger partial charge on any atom is 0.124 e. The van der Waals surface area contributed by atoms with E-state index in [9.17, 15) is 4.79 Å². The molecule has 0 unspecified atom stereocenters. The van der Waals surface area contributed by atoms with Gasteiger partial charge in [-0.1, -0.05) is 17.7 Å². The Hall–Kier alpha value is -0.380. The molecule has 0 aliphatic rings. The summed E-state index contributed by atoms with van der Waals surface area (Å²) in [7, 11) is 0. The first-order chi connectivity index (χ1) is 5.24. The van der Waals surface area contributed by atoms with Crippen LogP contribution in [-0.4, -0.2) is 6.29 Å². The molecule has 0 spiro atoms. The Kier molecular flexibility index (Phi) is 3.05. The quantitative estimate of drug-likeness (QED) is 0.589. The minimum atomic E-state index is 0.528. The van der Waals surface area contributed by atoms with Gasteiger partial charge in [0.05, 0.1) is 0 Å². The fraction of sp³-hybridized carbons (Fsp3) is 0.222. The van der Waals surface area contributed by atoms with Crippen LogP contribution in [-0.2, 0) is 11.2 Å². The molecule has 1 aromatic rings. The standard InChI is InChI=1S/C9H9IO/c1-7-2-3-9(10)8(6-7)4-5-11/h2-3,5-6H,4H2,1H3. The molecule has 0 saturated carbocycles. The molecule has 0 saturated heterocycles. The van der Waals surface area contributed by atoms with Crippen LogP contribution in [0.2, 0.25) is 0 Å². The van der Waals surface area contributed by atoms with Gasteiger partial charge in [0.1, 0.15) is 6.29 Å². The Labute approximate surface area is 79.9 Å². The first-order valence-corrected chi connectivity index (χ1v) is 4.50. The van der Waals surface area contributed by atoms with Crippen LogP contribution < -0.4 is 0 Å². The van der Waals surface area contributed by atoms with Crippen LogP contribution in [0.25, 0.3) is 0 Å². The van der Waals surface area contributed by atoms with Crippen LogP contribution in [0.4, 0.5) is 0 Å². The van der Waals surface area contributed by atoms with Crippen LogP contribution in [0.5, 0.6) is 0 Å². The van der Waals surface area contributed by atoms with E-state index >= 15 is 0 Å². The highest BCUT2D eigenvalue weighted by Crippen LogP contribution is 2.13. The second-order valence-corrected chi connectivity index (χ2v) is 3.63. The lowest BCUT2D eigenvalue weighted by Gasteiger charge is -2.00. The van der Waals surface area contributed by atoms with Crippen molar-refractivity contribution in [2.75, 3.05) is 0 Å². The van der Waals surface area contributed by atoms with Crippen molar-refractivity contribution in [3.63, 3.8) is 0 Å².